The van der Waals surface area contributed by atoms with Gasteiger partial charge in [0.15, 0.2) is 0 Å². The van der Waals surface area contributed by atoms with Crippen LogP contribution in [0.1, 0.15) is 68.3 Å². The summed E-state index contributed by atoms with van der Waals surface area (Å²) in [4.78, 5) is 38.0. The first-order valence-corrected chi connectivity index (χ1v) is 12.0. The van der Waals surface area contributed by atoms with Crippen molar-refractivity contribution in [2.45, 2.75) is 59.0 Å². The SMILES string of the molecule is CCCCCCCCN(C(=O)COCc1ccc(O)cc1)c1cc([N+](=O)[O-])ccc1C(=O)OCC. The Morgan fingerprint density at radius 1 is 1.00 bits per heavy atom. The number of nitro groups is 1. The van der Waals surface area contributed by atoms with Crippen molar-refractivity contribution in [1.82, 2.24) is 0 Å². The molecule has 0 atom stereocenters. The first-order chi connectivity index (χ1) is 16.9. The number of nitro benzene ring substituents is 1. The van der Waals surface area contributed by atoms with Gasteiger partial charge in [0.05, 0.1) is 29.4 Å². The molecule has 190 valence electrons. The summed E-state index contributed by atoms with van der Waals surface area (Å²) in [6, 6.07) is 10.2. The summed E-state index contributed by atoms with van der Waals surface area (Å²) in [5.74, 6) is -0.932. The van der Waals surface area contributed by atoms with Crippen molar-refractivity contribution in [2.24, 2.45) is 0 Å². The summed E-state index contributed by atoms with van der Waals surface area (Å²) in [6.07, 6.45) is 5.96. The molecular formula is C26H34N2O7. The second-order valence-electron chi connectivity index (χ2n) is 8.15. The van der Waals surface area contributed by atoms with E-state index in [2.05, 4.69) is 6.92 Å². The highest BCUT2D eigenvalue weighted by Crippen LogP contribution is 2.28. The number of nitrogens with zero attached hydrogens (tertiary/aromatic N) is 2. The summed E-state index contributed by atoms with van der Waals surface area (Å²) in [5.41, 5.74) is 0.791. The number of amides is 1. The van der Waals surface area contributed by atoms with Crippen LogP contribution in [0.15, 0.2) is 42.5 Å². The van der Waals surface area contributed by atoms with Gasteiger partial charge in [-0.05, 0) is 37.1 Å². The Labute approximate surface area is 205 Å². The van der Waals surface area contributed by atoms with E-state index in [-0.39, 0.29) is 42.5 Å². The van der Waals surface area contributed by atoms with Crippen LogP contribution in [0.25, 0.3) is 0 Å². The summed E-state index contributed by atoms with van der Waals surface area (Å²) in [6.45, 7) is 4.10. The van der Waals surface area contributed by atoms with E-state index in [4.69, 9.17) is 9.47 Å². The molecule has 2 rings (SSSR count). The lowest BCUT2D eigenvalue weighted by Crippen LogP contribution is -2.36. The Morgan fingerprint density at radius 3 is 2.34 bits per heavy atom. The zero-order valence-electron chi connectivity index (χ0n) is 20.4. The molecule has 9 heteroatoms. The number of phenols is 1. The molecule has 0 unspecified atom stereocenters. The number of phenolic OH excluding ortho intramolecular Hbond substituents is 1. The van der Waals surface area contributed by atoms with Gasteiger partial charge < -0.3 is 19.5 Å². The third-order valence-electron chi connectivity index (χ3n) is 5.45. The van der Waals surface area contributed by atoms with Gasteiger partial charge in [-0.15, -0.1) is 0 Å². The van der Waals surface area contributed by atoms with Crippen molar-refractivity contribution < 1.29 is 29.1 Å². The second kappa shape index (κ2) is 14.7. The number of non-ortho nitro benzene ring substituents is 1. The number of unbranched alkanes of at least 4 members (excludes halogenated alkanes) is 5. The largest absolute Gasteiger partial charge is 0.508 e. The van der Waals surface area contributed by atoms with E-state index in [1.165, 1.54) is 35.2 Å². The Kier molecular flexibility index (Phi) is 11.7. The van der Waals surface area contributed by atoms with Crippen molar-refractivity contribution in [3.05, 3.63) is 63.7 Å². The molecule has 0 bridgehead atoms. The molecule has 0 radical (unpaired) electrons. The minimum Gasteiger partial charge on any atom is -0.508 e. The second-order valence-corrected chi connectivity index (χ2v) is 8.15. The number of aromatic hydroxyl groups is 1. The summed E-state index contributed by atoms with van der Waals surface area (Å²) >= 11 is 0. The van der Waals surface area contributed by atoms with Gasteiger partial charge in [-0.25, -0.2) is 4.79 Å². The molecule has 2 aromatic rings. The van der Waals surface area contributed by atoms with Gasteiger partial charge in [-0.2, -0.15) is 0 Å². The number of anilines is 1. The molecular weight excluding hydrogens is 452 g/mol. The highest BCUT2D eigenvalue weighted by Gasteiger charge is 2.25. The highest BCUT2D eigenvalue weighted by atomic mass is 16.6. The molecule has 0 aliphatic carbocycles. The zero-order valence-corrected chi connectivity index (χ0v) is 20.4. The van der Waals surface area contributed by atoms with Gasteiger partial charge in [-0.1, -0.05) is 51.2 Å². The van der Waals surface area contributed by atoms with Crippen molar-refractivity contribution in [3.8, 4) is 5.75 Å². The molecule has 0 aliphatic heterocycles. The monoisotopic (exact) mass is 486 g/mol. The Balaban J connectivity index is 2.23. The number of rotatable bonds is 15. The molecule has 0 saturated carbocycles. The Bertz CT molecular complexity index is 976. The van der Waals surface area contributed by atoms with Gasteiger partial charge in [-0.3, -0.25) is 14.9 Å². The smallest absolute Gasteiger partial charge is 0.340 e. The minimum atomic E-state index is -0.650. The van der Waals surface area contributed by atoms with E-state index in [1.807, 2.05) is 0 Å². The van der Waals surface area contributed by atoms with Crippen LogP contribution in [0.2, 0.25) is 0 Å². The molecule has 1 amide bonds. The van der Waals surface area contributed by atoms with Gasteiger partial charge in [0.25, 0.3) is 11.6 Å². The maximum absolute atomic E-state index is 13.2. The molecule has 0 aromatic heterocycles. The molecule has 0 saturated heterocycles. The summed E-state index contributed by atoms with van der Waals surface area (Å²) in [5, 5.41) is 20.8. The number of hydrogen-bond donors (Lipinski definition) is 1. The number of hydrogen-bond acceptors (Lipinski definition) is 7. The normalized spacial score (nSPS) is 10.7. The third kappa shape index (κ3) is 9.01. The van der Waals surface area contributed by atoms with E-state index in [9.17, 15) is 24.8 Å². The molecule has 9 nitrogen and oxygen atoms in total. The fourth-order valence-corrected chi connectivity index (χ4v) is 3.59. The number of carbonyl (C=O) groups is 2. The zero-order chi connectivity index (χ0) is 25.6. The maximum Gasteiger partial charge on any atom is 0.340 e. The quantitative estimate of drug-likeness (QED) is 0.155. The molecule has 0 fully saturated rings. The molecule has 2 aromatic carbocycles. The van der Waals surface area contributed by atoms with E-state index in [0.717, 1.165) is 37.7 Å². The number of esters is 1. The van der Waals surface area contributed by atoms with Crippen LogP contribution in [-0.4, -0.2) is 41.7 Å². The Morgan fingerprint density at radius 2 is 1.69 bits per heavy atom. The minimum absolute atomic E-state index is 0.0929. The lowest BCUT2D eigenvalue weighted by molar-refractivity contribution is -0.384. The standard InChI is InChI=1S/C26H34N2O7/c1-3-5-6-7-8-9-16-27(25(30)19-34-18-20-10-13-22(29)14-11-20)24-17-21(28(32)33)12-15-23(24)26(31)35-4-2/h10-15,17,29H,3-9,16,18-19H2,1-2H3. The van der Waals surface area contributed by atoms with Crippen LogP contribution in [0.3, 0.4) is 0 Å². The van der Waals surface area contributed by atoms with Crippen LogP contribution in [0, 0.1) is 10.1 Å². The van der Waals surface area contributed by atoms with E-state index in [1.54, 1.807) is 19.1 Å². The molecule has 0 spiro atoms. The molecule has 0 aliphatic rings. The first-order valence-electron chi connectivity index (χ1n) is 12.0. The summed E-state index contributed by atoms with van der Waals surface area (Å²) < 4.78 is 10.7. The summed E-state index contributed by atoms with van der Waals surface area (Å²) in [7, 11) is 0. The van der Waals surface area contributed by atoms with Crippen molar-refractivity contribution in [1.29, 1.82) is 0 Å². The highest BCUT2D eigenvalue weighted by molar-refractivity contribution is 6.03. The van der Waals surface area contributed by atoms with Crippen LogP contribution in [-0.2, 0) is 20.9 Å². The third-order valence-corrected chi connectivity index (χ3v) is 5.45. The van der Waals surface area contributed by atoms with Crippen molar-refractivity contribution >= 4 is 23.3 Å². The Hall–Kier alpha value is -3.46. The maximum atomic E-state index is 13.2. The number of carbonyl (C=O) groups excluding carboxylic acids is 2. The van der Waals surface area contributed by atoms with Crippen molar-refractivity contribution in [3.63, 3.8) is 0 Å². The van der Waals surface area contributed by atoms with E-state index < -0.39 is 16.8 Å². The van der Waals surface area contributed by atoms with Crippen LogP contribution < -0.4 is 4.90 Å². The molecule has 1 N–H and O–H groups in total. The fraction of sp³-hybridized carbons (Fsp3) is 0.462. The van der Waals surface area contributed by atoms with E-state index in [0.29, 0.717) is 13.0 Å². The van der Waals surface area contributed by atoms with Gasteiger partial charge in [0.2, 0.25) is 0 Å². The van der Waals surface area contributed by atoms with Crippen molar-refractivity contribution in [2.75, 3.05) is 24.7 Å². The average Bonchev–Trinajstić information content (AvgIpc) is 2.84. The average molecular weight is 487 g/mol. The molecule has 0 heterocycles. The van der Waals surface area contributed by atoms with Crippen LogP contribution in [0.4, 0.5) is 11.4 Å². The number of ether oxygens (including phenoxy) is 2. The predicted molar refractivity (Wildman–Crippen MR) is 133 cm³/mol. The van der Waals surface area contributed by atoms with Gasteiger partial charge in [0, 0.05) is 18.7 Å². The topological polar surface area (TPSA) is 119 Å². The van der Waals surface area contributed by atoms with Crippen LogP contribution >= 0.6 is 0 Å². The van der Waals surface area contributed by atoms with Gasteiger partial charge in [0.1, 0.15) is 12.4 Å². The van der Waals surface area contributed by atoms with Crippen LogP contribution in [0.5, 0.6) is 5.75 Å². The van der Waals surface area contributed by atoms with Gasteiger partial charge >= 0.3 is 5.97 Å². The first kappa shape index (κ1) is 27.8. The number of benzene rings is 2. The lowest BCUT2D eigenvalue weighted by Gasteiger charge is -2.25. The fourth-order valence-electron chi connectivity index (χ4n) is 3.59. The lowest BCUT2D eigenvalue weighted by atomic mass is 10.1. The van der Waals surface area contributed by atoms with E-state index >= 15 is 0 Å². The predicted octanol–water partition coefficient (Wildman–Crippen LogP) is 5.39. The molecule has 35 heavy (non-hydrogen) atoms.